The largest absolute Gasteiger partial charge is 0.478 e. The third kappa shape index (κ3) is 3.56. The SMILES string of the molecule is CCC[C@H](N)C(=O)Nc1ccc(C(=O)O)cc1C. The molecule has 5 nitrogen and oxygen atoms in total. The Labute approximate surface area is 106 Å². The van der Waals surface area contributed by atoms with E-state index in [9.17, 15) is 9.59 Å². The summed E-state index contributed by atoms with van der Waals surface area (Å²) in [5.74, 6) is -1.23. The Balaban J connectivity index is 2.79. The molecule has 0 aliphatic heterocycles. The van der Waals surface area contributed by atoms with Gasteiger partial charge in [-0.1, -0.05) is 13.3 Å². The number of carboxylic acids is 1. The van der Waals surface area contributed by atoms with E-state index in [1.54, 1.807) is 13.0 Å². The van der Waals surface area contributed by atoms with Crippen LogP contribution in [-0.2, 0) is 4.79 Å². The maximum absolute atomic E-state index is 11.7. The summed E-state index contributed by atoms with van der Waals surface area (Å²) < 4.78 is 0. The number of amides is 1. The molecule has 1 rings (SSSR count). The zero-order chi connectivity index (χ0) is 13.7. The van der Waals surface area contributed by atoms with Gasteiger partial charge in [-0.2, -0.15) is 0 Å². The molecular formula is C13H18N2O3. The lowest BCUT2D eigenvalue weighted by atomic mass is 10.1. The molecule has 18 heavy (non-hydrogen) atoms. The van der Waals surface area contributed by atoms with Gasteiger partial charge in [-0.3, -0.25) is 4.79 Å². The number of hydrogen-bond donors (Lipinski definition) is 3. The van der Waals surface area contributed by atoms with Gasteiger partial charge in [0.25, 0.3) is 0 Å². The number of aromatic carboxylic acids is 1. The Bertz CT molecular complexity index is 458. The molecule has 0 aromatic heterocycles. The van der Waals surface area contributed by atoms with Gasteiger partial charge in [0.2, 0.25) is 5.91 Å². The first-order valence-electron chi connectivity index (χ1n) is 5.86. The Morgan fingerprint density at radius 3 is 2.61 bits per heavy atom. The topological polar surface area (TPSA) is 92.4 Å². The molecule has 0 aliphatic rings. The van der Waals surface area contributed by atoms with Crippen molar-refractivity contribution >= 4 is 17.6 Å². The first-order chi connectivity index (χ1) is 8.45. The number of carbonyl (C=O) groups excluding carboxylic acids is 1. The molecule has 4 N–H and O–H groups in total. The van der Waals surface area contributed by atoms with Crippen molar-refractivity contribution in [2.75, 3.05) is 5.32 Å². The lowest BCUT2D eigenvalue weighted by molar-refractivity contribution is -0.117. The van der Waals surface area contributed by atoms with Gasteiger partial charge in [-0.25, -0.2) is 4.79 Å². The average molecular weight is 250 g/mol. The molecule has 0 saturated heterocycles. The lowest BCUT2D eigenvalue weighted by Gasteiger charge is -2.13. The number of anilines is 1. The van der Waals surface area contributed by atoms with Crippen LogP contribution in [0.25, 0.3) is 0 Å². The van der Waals surface area contributed by atoms with Crippen molar-refractivity contribution in [1.29, 1.82) is 0 Å². The molecule has 0 unspecified atom stereocenters. The number of aryl methyl sites for hydroxylation is 1. The second-order valence-electron chi connectivity index (χ2n) is 4.22. The van der Waals surface area contributed by atoms with E-state index in [0.29, 0.717) is 17.7 Å². The lowest BCUT2D eigenvalue weighted by Crippen LogP contribution is -2.35. The summed E-state index contributed by atoms with van der Waals surface area (Å²) in [5.41, 5.74) is 7.19. The number of nitrogens with one attached hydrogen (secondary N) is 1. The minimum atomic E-state index is -0.987. The standard InChI is InChI=1S/C13H18N2O3/c1-3-4-10(14)12(16)15-11-6-5-9(13(17)18)7-8(11)2/h5-7,10H,3-4,14H2,1-2H3,(H,15,16)(H,17,18)/t10-/m0/s1. The van der Waals surface area contributed by atoms with Crippen LogP contribution in [-0.4, -0.2) is 23.0 Å². The van der Waals surface area contributed by atoms with Crippen molar-refractivity contribution < 1.29 is 14.7 Å². The van der Waals surface area contributed by atoms with Crippen LogP contribution < -0.4 is 11.1 Å². The Hall–Kier alpha value is -1.88. The van der Waals surface area contributed by atoms with Crippen LogP contribution in [0.5, 0.6) is 0 Å². The summed E-state index contributed by atoms with van der Waals surface area (Å²) in [6.07, 6.45) is 1.46. The number of benzene rings is 1. The molecule has 0 fully saturated rings. The molecule has 0 radical (unpaired) electrons. The Morgan fingerprint density at radius 1 is 1.44 bits per heavy atom. The monoisotopic (exact) mass is 250 g/mol. The number of hydrogen-bond acceptors (Lipinski definition) is 3. The molecule has 1 amide bonds. The predicted octanol–water partition coefficient (Wildman–Crippen LogP) is 1.76. The summed E-state index contributed by atoms with van der Waals surface area (Å²) in [6, 6.07) is 4.02. The molecular weight excluding hydrogens is 232 g/mol. The van der Waals surface area contributed by atoms with Gasteiger partial charge < -0.3 is 16.2 Å². The molecule has 1 atom stereocenters. The van der Waals surface area contributed by atoms with Crippen LogP contribution in [0.3, 0.4) is 0 Å². The fourth-order valence-corrected chi connectivity index (χ4v) is 1.60. The smallest absolute Gasteiger partial charge is 0.335 e. The first kappa shape index (κ1) is 14.2. The predicted molar refractivity (Wildman–Crippen MR) is 69.7 cm³/mol. The normalized spacial score (nSPS) is 11.9. The van der Waals surface area contributed by atoms with Gasteiger partial charge in [0.15, 0.2) is 0 Å². The minimum Gasteiger partial charge on any atom is -0.478 e. The molecule has 0 spiro atoms. The van der Waals surface area contributed by atoms with Gasteiger partial charge in [-0.15, -0.1) is 0 Å². The third-order valence-corrected chi connectivity index (χ3v) is 2.67. The van der Waals surface area contributed by atoms with Gasteiger partial charge in [-0.05, 0) is 37.1 Å². The van der Waals surface area contributed by atoms with Crippen molar-refractivity contribution in [1.82, 2.24) is 0 Å². The van der Waals surface area contributed by atoms with Crippen LogP contribution >= 0.6 is 0 Å². The highest BCUT2D eigenvalue weighted by Crippen LogP contribution is 2.17. The summed E-state index contributed by atoms with van der Waals surface area (Å²) in [4.78, 5) is 22.5. The molecule has 5 heteroatoms. The van der Waals surface area contributed by atoms with Crippen LogP contribution in [0, 0.1) is 6.92 Å². The summed E-state index contributed by atoms with van der Waals surface area (Å²) in [5, 5.41) is 11.5. The maximum Gasteiger partial charge on any atom is 0.335 e. The van der Waals surface area contributed by atoms with E-state index in [1.807, 2.05) is 6.92 Å². The van der Waals surface area contributed by atoms with Crippen LogP contribution in [0.1, 0.15) is 35.7 Å². The summed E-state index contributed by atoms with van der Waals surface area (Å²) >= 11 is 0. The van der Waals surface area contributed by atoms with Crippen molar-refractivity contribution in [3.05, 3.63) is 29.3 Å². The van der Waals surface area contributed by atoms with E-state index in [-0.39, 0.29) is 11.5 Å². The van der Waals surface area contributed by atoms with Gasteiger partial charge >= 0.3 is 5.97 Å². The highest BCUT2D eigenvalue weighted by Gasteiger charge is 2.14. The number of rotatable bonds is 5. The fourth-order valence-electron chi connectivity index (χ4n) is 1.60. The van der Waals surface area contributed by atoms with Crippen molar-refractivity contribution in [2.45, 2.75) is 32.7 Å². The van der Waals surface area contributed by atoms with Crippen molar-refractivity contribution in [2.24, 2.45) is 5.73 Å². The maximum atomic E-state index is 11.7. The minimum absolute atomic E-state index is 0.198. The number of nitrogens with two attached hydrogens (primary N) is 1. The van der Waals surface area contributed by atoms with Crippen LogP contribution in [0.4, 0.5) is 5.69 Å². The average Bonchev–Trinajstić information content (AvgIpc) is 2.31. The first-order valence-corrected chi connectivity index (χ1v) is 5.86. The summed E-state index contributed by atoms with van der Waals surface area (Å²) in [7, 11) is 0. The van der Waals surface area contributed by atoms with Gasteiger partial charge in [0.05, 0.1) is 11.6 Å². The van der Waals surface area contributed by atoms with Crippen molar-refractivity contribution in [3.63, 3.8) is 0 Å². The van der Waals surface area contributed by atoms with Gasteiger partial charge in [0.1, 0.15) is 0 Å². The zero-order valence-corrected chi connectivity index (χ0v) is 10.6. The van der Waals surface area contributed by atoms with Crippen LogP contribution in [0.15, 0.2) is 18.2 Å². The van der Waals surface area contributed by atoms with E-state index >= 15 is 0 Å². The molecule has 1 aromatic carbocycles. The molecule has 98 valence electrons. The molecule has 1 aromatic rings. The highest BCUT2D eigenvalue weighted by molar-refractivity contribution is 5.96. The molecule has 0 heterocycles. The zero-order valence-electron chi connectivity index (χ0n) is 10.6. The Kier molecular flexibility index (Phi) is 4.85. The third-order valence-electron chi connectivity index (χ3n) is 2.67. The second-order valence-corrected chi connectivity index (χ2v) is 4.22. The molecule has 0 saturated carbocycles. The fraction of sp³-hybridized carbons (Fsp3) is 0.385. The van der Waals surface area contributed by atoms with Crippen molar-refractivity contribution in [3.8, 4) is 0 Å². The number of carbonyl (C=O) groups is 2. The van der Waals surface area contributed by atoms with Crippen LogP contribution in [0.2, 0.25) is 0 Å². The second kappa shape index (κ2) is 6.16. The van der Waals surface area contributed by atoms with E-state index in [0.717, 1.165) is 6.42 Å². The van der Waals surface area contributed by atoms with Gasteiger partial charge in [0, 0.05) is 5.69 Å². The van der Waals surface area contributed by atoms with E-state index < -0.39 is 12.0 Å². The highest BCUT2D eigenvalue weighted by atomic mass is 16.4. The van der Waals surface area contributed by atoms with E-state index in [1.165, 1.54) is 12.1 Å². The van der Waals surface area contributed by atoms with E-state index in [4.69, 9.17) is 10.8 Å². The quantitative estimate of drug-likeness (QED) is 0.742. The molecule has 0 bridgehead atoms. The van der Waals surface area contributed by atoms with E-state index in [2.05, 4.69) is 5.32 Å². The molecule has 0 aliphatic carbocycles. The number of carboxylic acid groups (broad SMARTS) is 1. The Morgan fingerprint density at radius 2 is 2.11 bits per heavy atom. The summed E-state index contributed by atoms with van der Waals surface area (Å²) in [6.45, 7) is 3.70.